The van der Waals surface area contributed by atoms with Crippen LogP contribution in [0.25, 0.3) is 0 Å². The van der Waals surface area contributed by atoms with Crippen molar-refractivity contribution in [3.05, 3.63) is 53.9 Å². The average Bonchev–Trinajstić information content (AvgIpc) is 3.33. The van der Waals surface area contributed by atoms with E-state index < -0.39 is 0 Å². The summed E-state index contributed by atoms with van der Waals surface area (Å²) in [6, 6.07) is 6.97. The van der Waals surface area contributed by atoms with Crippen LogP contribution in [0.1, 0.15) is 37.1 Å². The van der Waals surface area contributed by atoms with E-state index in [1.165, 1.54) is 6.07 Å². The predicted molar refractivity (Wildman–Crippen MR) is 118 cm³/mol. The molecular formula is C20H29FIN5. The van der Waals surface area contributed by atoms with Gasteiger partial charge < -0.3 is 15.2 Å². The lowest BCUT2D eigenvalue weighted by Crippen LogP contribution is -2.41. The van der Waals surface area contributed by atoms with Gasteiger partial charge in [-0.05, 0) is 50.3 Å². The van der Waals surface area contributed by atoms with Gasteiger partial charge in [0.15, 0.2) is 5.96 Å². The van der Waals surface area contributed by atoms with Crippen LogP contribution in [0, 0.1) is 12.7 Å². The standard InChI is InChI=1S/C20H28FN5.HI/c1-16-23-11-13-26(16)12-4-3-10-24-19(22-2)25-15-20(8-9-20)17-6-5-7-18(21)14-17;/h5-7,11,13-14H,3-4,8-10,12,15H2,1-2H3,(H2,22,24,25);1H. The Morgan fingerprint density at radius 2 is 2.11 bits per heavy atom. The van der Waals surface area contributed by atoms with Crippen LogP contribution in [-0.2, 0) is 12.0 Å². The second-order valence-electron chi connectivity index (χ2n) is 7.02. The van der Waals surface area contributed by atoms with Crippen molar-refractivity contribution in [3.63, 3.8) is 0 Å². The summed E-state index contributed by atoms with van der Waals surface area (Å²) in [6.07, 6.45) is 8.19. The number of aliphatic imine (C=N–C) groups is 1. The van der Waals surface area contributed by atoms with Gasteiger partial charge in [0, 0.05) is 44.5 Å². The Kier molecular flexibility index (Phi) is 8.07. The molecule has 0 atom stereocenters. The SMILES string of the molecule is CN=C(NCCCCn1ccnc1C)NCC1(c2cccc(F)c2)CC1.I. The fourth-order valence-corrected chi connectivity index (χ4v) is 3.26. The highest BCUT2D eigenvalue weighted by molar-refractivity contribution is 14.0. The molecule has 0 saturated heterocycles. The molecule has 0 unspecified atom stereocenters. The minimum Gasteiger partial charge on any atom is -0.356 e. The van der Waals surface area contributed by atoms with Crippen LogP contribution in [0.15, 0.2) is 41.7 Å². The summed E-state index contributed by atoms with van der Waals surface area (Å²) in [6.45, 7) is 4.67. The molecule has 0 radical (unpaired) electrons. The van der Waals surface area contributed by atoms with Gasteiger partial charge in [0.05, 0.1) is 0 Å². The first-order chi connectivity index (χ1) is 12.6. The van der Waals surface area contributed by atoms with Crippen molar-refractivity contribution in [1.29, 1.82) is 0 Å². The van der Waals surface area contributed by atoms with E-state index in [9.17, 15) is 4.39 Å². The quantitative estimate of drug-likeness (QED) is 0.260. The zero-order valence-electron chi connectivity index (χ0n) is 16.0. The van der Waals surface area contributed by atoms with E-state index in [1.54, 1.807) is 19.2 Å². The summed E-state index contributed by atoms with van der Waals surface area (Å²) < 4.78 is 15.7. The summed E-state index contributed by atoms with van der Waals surface area (Å²) in [5.41, 5.74) is 1.13. The van der Waals surface area contributed by atoms with Crippen molar-refractivity contribution in [2.24, 2.45) is 4.99 Å². The number of imidazole rings is 1. The average molecular weight is 485 g/mol. The van der Waals surface area contributed by atoms with Crippen molar-refractivity contribution in [1.82, 2.24) is 20.2 Å². The molecule has 1 aliphatic rings. The molecule has 1 aromatic carbocycles. The first kappa shape index (κ1) is 21.7. The van der Waals surface area contributed by atoms with Gasteiger partial charge in [0.2, 0.25) is 0 Å². The van der Waals surface area contributed by atoms with Crippen molar-refractivity contribution in [2.45, 2.75) is 44.6 Å². The number of benzene rings is 1. The van der Waals surface area contributed by atoms with Crippen LogP contribution >= 0.6 is 24.0 Å². The number of hydrogen-bond donors (Lipinski definition) is 2. The Morgan fingerprint density at radius 3 is 2.74 bits per heavy atom. The molecule has 0 bridgehead atoms. The highest BCUT2D eigenvalue weighted by atomic mass is 127. The molecule has 5 nitrogen and oxygen atoms in total. The highest BCUT2D eigenvalue weighted by Gasteiger charge is 2.44. The maximum absolute atomic E-state index is 13.5. The number of nitrogens with zero attached hydrogens (tertiary/aromatic N) is 3. The number of halogens is 2. The largest absolute Gasteiger partial charge is 0.356 e. The van der Waals surface area contributed by atoms with Gasteiger partial charge in [-0.1, -0.05) is 12.1 Å². The van der Waals surface area contributed by atoms with E-state index in [0.29, 0.717) is 0 Å². The normalized spacial score (nSPS) is 15.1. The minimum atomic E-state index is -0.163. The Bertz CT molecular complexity index is 754. The molecule has 1 aromatic heterocycles. The molecule has 0 spiro atoms. The summed E-state index contributed by atoms with van der Waals surface area (Å²) in [5, 5.41) is 6.77. The van der Waals surface area contributed by atoms with Crippen molar-refractivity contribution >= 4 is 29.9 Å². The van der Waals surface area contributed by atoms with Gasteiger partial charge >= 0.3 is 0 Å². The number of hydrogen-bond acceptors (Lipinski definition) is 2. The fraction of sp³-hybridized carbons (Fsp3) is 0.500. The van der Waals surface area contributed by atoms with E-state index in [0.717, 1.165) is 62.7 Å². The molecular weight excluding hydrogens is 456 g/mol. The molecule has 1 saturated carbocycles. The van der Waals surface area contributed by atoms with Gasteiger partial charge in [-0.2, -0.15) is 0 Å². The lowest BCUT2D eigenvalue weighted by Gasteiger charge is -2.19. The summed E-state index contributed by atoms with van der Waals surface area (Å²) >= 11 is 0. The van der Waals surface area contributed by atoms with Crippen LogP contribution in [0.2, 0.25) is 0 Å². The molecule has 27 heavy (non-hydrogen) atoms. The third-order valence-electron chi connectivity index (χ3n) is 5.15. The van der Waals surface area contributed by atoms with Crippen molar-refractivity contribution < 1.29 is 4.39 Å². The number of rotatable bonds is 8. The Morgan fingerprint density at radius 1 is 1.30 bits per heavy atom. The maximum Gasteiger partial charge on any atom is 0.191 e. The van der Waals surface area contributed by atoms with E-state index >= 15 is 0 Å². The number of guanidine groups is 1. The molecule has 1 aliphatic carbocycles. The third kappa shape index (κ3) is 5.92. The first-order valence-corrected chi connectivity index (χ1v) is 9.31. The van der Waals surface area contributed by atoms with Crippen LogP contribution in [0.4, 0.5) is 4.39 Å². The molecule has 7 heteroatoms. The number of nitrogens with one attached hydrogen (secondary N) is 2. The monoisotopic (exact) mass is 485 g/mol. The van der Waals surface area contributed by atoms with Crippen LogP contribution < -0.4 is 10.6 Å². The van der Waals surface area contributed by atoms with Gasteiger partial charge in [-0.3, -0.25) is 4.99 Å². The minimum absolute atomic E-state index is 0. The van der Waals surface area contributed by atoms with Gasteiger partial charge in [0.1, 0.15) is 11.6 Å². The third-order valence-corrected chi connectivity index (χ3v) is 5.15. The molecule has 0 amide bonds. The Balaban J connectivity index is 0.00000261. The lowest BCUT2D eigenvalue weighted by atomic mass is 9.96. The van der Waals surface area contributed by atoms with E-state index in [2.05, 4.69) is 25.2 Å². The Hall–Kier alpha value is -1.64. The molecule has 3 rings (SSSR count). The van der Waals surface area contributed by atoms with Crippen LogP contribution in [0.3, 0.4) is 0 Å². The number of aromatic nitrogens is 2. The van der Waals surface area contributed by atoms with Crippen molar-refractivity contribution in [2.75, 3.05) is 20.1 Å². The lowest BCUT2D eigenvalue weighted by molar-refractivity contribution is 0.583. The summed E-state index contributed by atoms with van der Waals surface area (Å²) in [5.74, 6) is 1.71. The smallest absolute Gasteiger partial charge is 0.191 e. The zero-order chi connectivity index (χ0) is 18.4. The van der Waals surface area contributed by atoms with Crippen molar-refractivity contribution in [3.8, 4) is 0 Å². The number of unbranched alkanes of at least 4 members (excludes halogenated alkanes) is 1. The van der Waals surface area contributed by atoms with E-state index in [4.69, 9.17) is 0 Å². The Labute approximate surface area is 177 Å². The fourth-order valence-electron chi connectivity index (χ4n) is 3.26. The van der Waals surface area contributed by atoms with Crippen LogP contribution in [0.5, 0.6) is 0 Å². The molecule has 2 N–H and O–H groups in total. The first-order valence-electron chi connectivity index (χ1n) is 9.31. The second-order valence-corrected chi connectivity index (χ2v) is 7.02. The second kappa shape index (κ2) is 10.1. The summed E-state index contributed by atoms with van der Waals surface area (Å²) in [7, 11) is 1.78. The topological polar surface area (TPSA) is 54.2 Å². The molecule has 148 valence electrons. The molecule has 0 aliphatic heterocycles. The molecule has 2 aromatic rings. The zero-order valence-corrected chi connectivity index (χ0v) is 18.4. The van der Waals surface area contributed by atoms with Gasteiger partial charge in [-0.15, -0.1) is 24.0 Å². The van der Waals surface area contributed by atoms with Gasteiger partial charge in [-0.25, -0.2) is 9.37 Å². The number of aryl methyl sites for hydroxylation is 2. The summed E-state index contributed by atoms with van der Waals surface area (Å²) in [4.78, 5) is 8.53. The predicted octanol–water partition coefficient (Wildman–Crippen LogP) is 3.63. The van der Waals surface area contributed by atoms with E-state index in [1.807, 2.05) is 25.4 Å². The van der Waals surface area contributed by atoms with Crippen LogP contribution in [-0.4, -0.2) is 35.6 Å². The maximum atomic E-state index is 13.5. The highest BCUT2D eigenvalue weighted by Crippen LogP contribution is 2.47. The molecule has 1 heterocycles. The van der Waals surface area contributed by atoms with E-state index in [-0.39, 0.29) is 35.2 Å². The van der Waals surface area contributed by atoms with Gasteiger partial charge in [0.25, 0.3) is 0 Å². The molecule has 1 fully saturated rings.